The minimum absolute atomic E-state index is 0.104. The summed E-state index contributed by atoms with van der Waals surface area (Å²) in [5.41, 5.74) is 1.91. The summed E-state index contributed by atoms with van der Waals surface area (Å²) in [4.78, 5) is 39.4. The summed E-state index contributed by atoms with van der Waals surface area (Å²) in [7, 11) is 0. The van der Waals surface area contributed by atoms with Gasteiger partial charge in [0.1, 0.15) is 23.7 Å². The predicted molar refractivity (Wildman–Crippen MR) is 144 cm³/mol. The SMILES string of the molecule is C=CCOC(=O)C(SC1CC(=O)N1C(C)C(=O)NCCCCCCc1ccc(F)cc1)c1ccccc1. The molecule has 0 bridgehead atoms. The molecule has 3 rings (SSSR count). The number of aryl methyl sites for hydroxylation is 1. The van der Waals surface area contributed by atoms with Crippen molar-refractivity contribution in [2.45, 2.75) is 62.1 Å². The number of β-lactam (4-membered cyclic amide) rings is 1. The van der Waals surface area contributed by atoms with Crippen molar-refractivity contribution in [2.24, 2.45) is 0 Å². The highest BCUT2D eigenvalue weighted by Crippen LogP contribution is 2.41. The van der Waals surface area contributed by atoms with Crippen molar-refractivity contribution in [3.05, 3.63) is 84.2 Å². The average Bonchev–Trinajstić information content (AvgIpc) is 2.90. The van der Waals surface area contributed by atoms with Crippen molar-refractivity contribution in [3.8, 4) is 0 Å². The standard InChI is InChI=1S/C29H35FN2O4S/c1-3-19-36-29(35)27(23-12-8-6-9-13-23)37-26-20-25(33)32(26)21(2)28(34)31-18-10-5-4-7-11-22-14-16-24(30)17-15-22/h3,6,8-9,12-17,21,26-27H,1,4-5,7,10-11,18-20H2,2H3,(H,31,34). The number of nitrogens with zero attached hydrogens (tertiary/aromatic N) is 1. The summed E-state index contributed by atoms with van der Waals surface area (Å²) in [6.07, 6.45) is 6.55. The fourth-order valence-electron chi connectivity index (χ4n) is 4.20. The first kappa shape index (κ1) is 28.4. The topological polar surface area (TPSA) is 75.7 Å². The van der Waals surface area contributed by atoms with Crippen LogP contribution >= 0.6 is 11.8 Å². The molecule has 1 heterocycles. The highest BCUT2D eigenvalue weighted by Gasteiger charge is 2.44. The maximum Gasteiger partial charge on any atom is 0.323 e. The predicted octanol–water partition coefficient (Wildman–Crippen LogP) is 5.20. The number of benzene rings is 2. The lowest BCUT2D eigenvalue weighted by Gasteiger charge is -2.44. The number of carbonyl (C=O) groups excluding carboxylic acids is 3. The minimum Gasteiger partial charge on any atom is -0.460 e. The molecule has 0 saturated carbocycles. The summed E-state index contributed by atoms with van der Waals surface area (Å²) in [5.74, 6) is -0.921. The summed E-state index contributed by atoms with van der Waals surface area (Å²) >= 11 is 1.33. The second kappa shape index (κ2) is 14.6. The number of thioether (sulfide) groups is 1. The Morgan fingerprint density at radius 3 is 2.51 bits per heavy atom. The number of unbranched alkanes of at least 4 members (excludes halogenated alkanes) is 3. The maximum absolute atomic E-state index is 13.0. The number of amides is 2. The van der Waals surface area contributed by atoms with Crippen LogP contribution in [0.5, 0.6) is 0 Å². The Balaban J connectivity index is 1.43. The maximum atomic E-state index is 13.0. The van der Waals surface area contributed by atoms with Gasteiger partial charge in [-0.3, -0.25) is 14.4 Å². The van der Waals surface area contributed by atoms with Gasteiger partial charge in [0, 0.05) is 6.54 Å². The summed E-state index contributed by atoms with van der Waals surface area (Å²) in [6, 6.07) is 15.2. The van der Waals surface area contributed by atoms with E-state index >= 15 is 0 Å². The Labute approximate surface area is 222 Å². The minimum atomic E-state index is -0.627. The van der Waals surface area contributed by atoms with Gasteiger partial charge in [0.2, 0.25) is 11.8 Å². The van der Waals surface area contributed by atoms with Gasteiger partial charge >= 0.3 is 5.97 Å². The fourth-order valence-corrected chi connectivity index (χ4v) is 5.67. The van der Waals surface area contributed by atoms with E-state index in [0.29, 0.717) is 6.54 Å². The first-order valence-electron chi connectivity index (χ1n) is 12.7. The van der Waals surface area contributed by atoms with Gasteiger partial charge in [-0.25, -0.2) is 4.39 Å². The normalized spacial score (nSPS) is 16.4. The molecule has 2 aromatic rings. The Kier molecular flexibility index (Phi) is 11.2. The van der Waals surface area contributed by atoms with Crippen molar-refractivity contribution in [3.63, 3.8) is 0 Å². The molecule has 0 radical (unpaired) electrons. The fraction of sp³-hybridized carbons (Fsp3) is 0.414. The number of likely N-dealkylation sites (tertiary alicyclic amines) is 1. The number of carbonyl (C=O) groups is 3. The number of rotatable bonds is 15. The van der Waals surface area contributed by atoms with Crippen LogP contribution in [0.2, 0.25) is 0 Å². The number of esters is 1. The second-order valence-electron chi connectivity index (χ2n) is 9.06. The molecule has 198 valence electrons. The highest BCUT2D eigenvalue weighted by molar-refractivity contribution is 8.00. The average molecular weight is 527 g/mol. The van der Waals surface area contributed by atoms with E-state index in [1.807, 2.05) is 42.5 Å². The van der Waals surface area contributed by atoms with E-state index in [9.17, 15) is 18.8 Å². The molecule has 1 aliphatic rings. The Bertz CT molecular complexity index is 1050. The van der Waals surface area contributed by atoms with Gasteiger partial charge in [0.25, 0.3) is 0 Å². The molecule has 3 unspecified atom stereocenters. The summed E-state index contributed by atoms with van der Waals surface area (Å²) in [5, 5.41) is 2.04. The molecule has 2 amide bonds. The van der Waals surface area contributed by atoms with Crippen LogP contribution in [0.1, 0.15) is 55.4 Å². The van der Waals surface area contributed by atoms with Crippen LogP contribution in [0.4, 0.5) is 4.39 Å². The number of halogens is 1. The zero-order valence-electron chi connectivity index (χ0n) is 21.2. The molecule has 2 aromatic carbocycles. The van der Waals surface area contributed by atoms with Gasteiger partial charge in [-0.05, 0) is 49.4 Å². The number of ether oxygens (including phenoxy) is 1. The lowest BCUT2D eigenvalue weighted by Crippen LogP contribution is -2.59. The van der Waals surface area contributed by atoms with E-state index in [1.165, 1.54) is 30.0 Å². The van der Waals surface area contributed by atoms with Crippen molar-refractivity contribution in [2.75, 3.05) is 13.2 Å². The molecule has 1 saturated heterocycles. The Morgan fingerprint density at radius 1 is 1.14 bits per heavy atom. The smallest absolute Gasteiger partial charge is 0.323 e. The van der Waals surface area contributed by atoms with Crippen molar-refractivity contribution in [1.82, 2.24) is 10.2 Å². The lowest BCUT2D eigenvalue weighted by atomic mass is 10.1. The number of nitrogens with one attached hydrogen (secondary N) is 1. The van der Waals surface area contributed by atoms with Crippen molar-refractivity contribution >= 4 is 29.5 Å². The molecule has 3 atom stereocenters. The zero-order valence-corrected chi connectivity index (χ0v) is 22.1. The molecule has 37 heavy (non-hydrogen) atoms. The van der Waals surface area contributed by atoms with E-state index in [0.717, 1.165) is 43.2 Å². The molecule has 0 spiro atoms. The Hall–Kier alpha value is -3.13. The molecule has 1 N–H and O–H groups in total. The van der Waals surface area contributed by atoms with E-state index < -0.39 is 17.3 Å². The molecule has 8 heteroatoms. The molecular formula is C29H35FN2O4S. The number of hydrogen-bond donors (Lipinski definition) is 1. The molecule has 1 aliphatic heterocycles. The zero-order chi connectivity index (χ0) is 26.6. The molecule has 6 nitrogen and oxygen atoms in total. The van der Waals surface area contributed by atoms with Crippen LogP contribution < -0.4 is 5.32 Å². The third-order valence-electron chi connectivity index (χ3n) is 6.30. The van der Waals surface area contributed by atoms with Gasteiger partial charge < -0.3 is 15.0 Å². The first-order chi connectivity index (χ1) is 17.9. The van der Waals surface area contributed by atoms with Crippen LogP contribution in [-0.2, 0) is 25.5 Å². The summed E-state index contributed by atoms with van der Waals surface area (Å²) in [6.45, 7) is 5.96. The van der Waals surface area contributed by atoms with Crippen LogP contribution in [0, 0.1) is 5.82 Å². The second-order valence-corrected chi connectivity index (χ2v) is 10.4. The summed E-state index contributed by atoms with van der Waals surface area (Å²) < 4.78 is 18.3. The van der Waals surface area contributed by atoms with Gasteiger partial charge in [-0.2, -0.15) is 0 Å². The molecular weight excluding hydrogens is 491 g/mol. The van der Waals surface area contributed by atoms with Gasteiger partial charge in [-0.1, -0.05) is 68.0 Å². The van der Waals surface area contributed by atoms with Gasteiger partial charge in [0.15, 0.2) is 0 Å². The quantitative estimate of drug-likeness (QED) is 0.150. The van der Waals surface area contributed by atoms with Gasteiger partial charge in [-0.15, -0.1) is 11.8 Å². The van der Waals surface area contributed by atoms with E-state index in [4.69, 9.17) is 4.74 Å². The molecule has 0 aliphatic carbocycles. The van der Waals surface area contributed by atoms with E-state index in [1.54, 1.807) is 11.8 Å². The van der Waals surface area contributed by atoms with E-state index in [-0.39, 0.29) is 36.0 Å². The first-order valence-corrected chi connectivity index (χ1v) is 13.7. The monoisotopic (exact) mass is 526 g/mol. The van der Waals surface area contributed by atoms with Gasteiger partial charge in [0.05, 0.1) is 11.8 Å². The third kappa shape index (κ3) is 8.45. The van der Waals surface area contributed by atoms with Crippen molar-refractivity contribution < 1.29 is 23.5 Å². The third-order valence-corrected chi connectivity index (χ3v) is 7.75. The van der Waals surface area contributed by atoms with E-state index in [2.05, 4.69) is 11.9 Å². The number of hydrogen-bond acceptors (Lipinski definition) is 5. The lowest BCUT2D eigenvalue weighted by molar-refractivity contribution is -0.150. The van der Waals surface area contributed by atoms with Crippen LogP contribution in [0.25, 0.3) is 0 Å². The Morgan fingerprint density at radius 2 is 1.84 bits per heavy atom. The molecule has 0 aromatic heterocycles. The van der Waals surface area contributed by atoms with Crippen LogP contribution in [-0.4, -0.2) is 47.3 Å². The van der Waals surface area contributed by atoms with Crippen molar-refractivity contribution in [1.29, 1.82) is 0 Å². The van der Waals surface area contributed by atoms with Crippen LogP contribution in [0.3, 0.4) is 0 Å². The van der Waals surface area contributed by atoms with Crippen LogP contribution in [0.15, 0.2) is 67.3 Å². The largest absolute Gasteiger partial charge is 0.460 e. The molecule has 1 fully saturated rings. The highest BCUT2D eigenvalue weighted by atomic mass is 32.2.